The van der Waals surface area contributed by atoms with E-state index >= 15 is 0 Å². The summed E-state index contributed by atoms with van der Waals surface area (Å²) in [4.78, 5) is 35.2. The predicted octanol–water partition coefficient (Wildman–Crippen LogP) is 1.31. The number of amides is 1. The number of phosphoric acid groups is 1. The minimum Gasteiger partial charge on any atom is -0.431 e. The minimum absolute atomic E-state index is 0.0125. The second-order valence-electron chi connectivity index (χ2n) is 13.0. The van der Waals surface area contributed by atoms with E-state index in [1.165, 1.54) is 7.11 Å². The van der Waals surface area contributed by atoms with E-state index in [1.54, 1.807) is 45.0 Å². The molecule has 2 saturated heterocycles. The normalized spacial score (nSPS) is 29.7. The van der Waals surface area contributed by atoms with Gasteiger partial charge in [0, 0.05) is 26.7 Å². The van der Waals surface area contributed by atoms with Crippen LogP contribution in [0.3, 0.4) is 0 Å². The van der Waals surface area contributed by atoms with Gasteiger partial charge in [0.15, 0.2) is 6.29 Å². The summed E-state index contributed by atoms with van der Waals surface area (Å²) in [5.41, 5.74) is -0.245. The molecule has 6 N–H and O–H groups in total. The van der Waals surface area contributed by atoms with Crippen molar-refractivity contribution in [2.75, 3.05) is 33.5 Å². The number of ether oxygens (including phenoxy) is 6. The third-order valence-electron chi connectivity index (χ3n) is 7.80. The molecule has 2 unspecified atom stereocenters. The molecule has 1 amide bonds. The first-order valence-corrected chi connectivity index (χ1v) is 18.1. The van der Waals surface area contributed by atoms with Gasteiger partial charge in [-0.25, -0.2) is 9.36 Å². The number of benzene rings is 1. The van der Waals surface area contributed by atoms with Gasteiger partial charge >= 0.3 is 14.0 Å². The van der Waals surface area contributed by atoms with Crippen molar-refractivity contribution in [3.8, 4) is 0 Å². The Morgan fingerprint density at radius 2 is 1.64 bits per heavy atom. The summed E-state index contributed by atoms with van der Waals surface area (Å²) < 4.78 is 56.5. The highest BCUT2D eigenvalue weighted by atomic mass is 31.2. The summed E-state index contributed by atoms with van der Waals surface area (Å²) in [6, 6.07) is 9.01. The number of aliphatic hydroxyl groups excluding tert-OH is 4. The van der Waals surface area contributed by atoms with Gasteiger partial charge in [0.2, 0.25) is 5.91 Å². The lowest BCUT2D eigenvalue weighted by atomic mass is 9.99. The number of rotatable bonds is 19. The third kappa shape index (κ3) is 13.7. The van der Waals surface area contributed by atoms with Crippen LogP contribution in [0.2, 0.25) is 0 Å². The highest BCUT2D eigenvalue weighted by Crippen LogP contribution is 2.51. The van der Waals surface area contributed by atoms with Gasteiger partial charge in [-0.3, -0.25) is 13.8 Å². The van der Waals surface area contributed by atoms with Crippen molar-refractivity contribution in [1.82, 2.24) is 5.32 Å². The highest BCUT2D eigenvalue weighted by Gasteiger charge is 2.50. The SMILES string of the molecule is CO[C@H]1C(OP(=O)(O)OC(C)(C)C)[C@@H](COC(=O)OCc2ccccc2)O[C@H]1CCCNC(=O)CCCCO[C@H]1O[C@H](CO)[C@@H](O)[C@H](O)[C@@H]1O. The number of carbonyl (C=O) groups excluding carboxylic acids is 2. The highest BCUT2D eigenvalue weighted by molar-refractivity contribution is 7.47. The molecule has 0 spiro atoms. The van der Waals surface area contributed by atoms with Crippen LogP contribution >= 0.6 is 7.82 Å². The fourth-order valence-electron chi connectivity index (χ4n) is 5.42. The van der Waals surface area contributed by atoms with Crippen LogP contribution < -0.4 is 5.32 Å². The van der Waals surface area contributed by atoms with Crippen molar-refractivity contribution < 1.29 is 76.9 Å². The zero-order valence-electron chi connectivity index (χ0n) is 28.8. The van der Waals surface area contributed by atoms with Gasteiger partial charge in [0.25, 0.3) is 0 Å². The van der Waals surface area contributed by atoms with E-state index < -0.39 is 81.3 Å². The maximum atomic E-state index is 12.9. The topological polar surface area (TPSA) is 238 Å². The molecule has 3 rings (SSSR count). The van der Waals surface area contributed by atoms with E-state index in [4.69, 9.17) is 37.5 Å². The smallest absolute Gasteiger partial charge is 0.431 e. The Hall–Kier alpha value is -2.25. The Morgan fingerprint density at radius 3 is 2.30 bits per heavy atom. The molecular formula is C32H52NO16P. The molecule has 2 aliphatic heterocycles. The Bertz CT molecular complexity index is 1220. The molecule has 10 atom stereocenters. The summed E-state index contributed by atoms with van der Waals surface area (Å²) in [7, 11) is -3.21. The zero-order valence-corrected chi connectivity index (χ0v) is 29.7. The van der Waals surface area contributed by atoms with Gasteiger partial charge in [-0.15, -0.1) is 0 Å². The summed E-state index contributed by atoms with van der Waals surface area (Å²) in [6.07, 6.45) is -9.51. The van der Waals surface area contributed by atoms with Crippen molar-refractivity contribution in [2.45, 2.75) is 120 Å². The maximum Gasteiger partial charge on any atom is 0.508 e. The van der Waals surface area contributed by atoms with Crippen LogP contribution in [0.1, 0.15) is 58.4 Å². The Balaban J connectivity index is 1.44. The van der Waals surface area contributed by atoms with Crippen molar-refractivity contribution in [3.05, 3.63) is 35.9 Å². The number of methoxy groups -OCH3 is 1. The van der Waals surface area contributed by atoms with Gasteiger partial charge in [-0.2, -0.15) is 0 Å². The van der Waals surface area contributed by atoms with E-state index in [1.807, 2.05) is 6.07 Å². The average molecular weight is 738 g/mol. The molecule has 286 valence electrons. The van der Waals surface area contributed by atoms with Crippen LogP contribution in [0, 0.1) is 0 Å². The molecule has 2 aliphatic rings. The van der Waals surface area contributed by atoms with Crippen molar-refractivity contribution in [2.24, 2.45) is 0 Å². The maximum absolute atomic E-state index is 12.9. The standard InChI is InChI=1S/C32H52NO16P/c1-32(2,3)49-50(40,41)48-29-23(19-45-31(39)44-18-20-11-6-5-7-12-20)46-21(28(29)42-4)13-10-15-33-24(35)14-8-9-16-43-30-27(38)26(37)25(36)22(17-34)47-30/h5-7,11-12,21-23,25-30,34,36-38H,8-10,13-19H2,1-4H3,(H,33,35)(H,40,41)/t21-,22+,23+,25+,26-,27-,28+,29?,30-/m0/s1. The van der Waals surface area contributed by atoms with Gasteiger partial charge in [0.1, 0.15) is 55.9 Å². The van der Waals surface area contributed by atoms with Crippen LogP contribution in [0.5, 0.6) is 0 Å². The molecule has 0 saturated carbocycles. The zero-order chi connectivity index (χ0) is 36.9. The Morgan fingerprint density at radius 1 is 0.920 bits per heavy atom. The summed E-state index contributed by atoms with van der Waals surface area (Å²) in [5, 5.41) is 41.8. The van der Waals surface area contributed by atoms with E-state index in [9.17, 15) is 39.5 Å². The quantitative estimate of drug-likeness (QED) is 0.0667. The molecule has 0 bridgehead atoms. The molecule has 18 heteroatoms. The fourth-order valence-corrected chi connectivity index (χ4v) is 6.72. The lowest BCUT2D eigenvalue weighted by Crippen LogP contribution is -2.59. The third-order valence-corrected chi connectivity index (χ3v) is 9.09. The Kier molecular flexibility index (Phi) is 17.0. The minimum atomic E-state index is -4.61. The van der Waals surface area contributed by atoms with E-state index in [2.05, 4.69) is 5.32 Å². The van der Waals surface area contributed by atoms with Crippen molar-refractivity contribution >= 4 is 19.9 Å². The van der Waals surface area contributed by atoms with Crippen LogP contribution in [0.4, 0.5) is 4.79 Å². The molecule has 2 heterocycles. The number of unbranched alkanes of at least 4 members (excludes halogenated alkanes) is 1. The van der Waals surface area contributed by atoms with E-state index in [0.29, 0.717) is 32.2 Å². The molecule has 1 aromatic carbocycles. The van der Waals surface area contributed by atoms with Crippen LogP contribution in [0.25, 0.3) is 0 Å². The van der Waals surface area contributed by atoms with Crippen molar-refractivity contribution in [3.63, 3.8) is 0 Å². The summed E-state index contributed by atoms with van der Waals surface area (Å²) >= 11 is 0. The van der Waals surface area contributed by atoms with Crippen LogP contribution in [-0.2, 0) is 53.4 Å². The average Bonchev–Trinajstić information content (AvgIpc) is 3.38. The second-order valence-corrected chi connectivity index (χ2v) is 14.3. The number of hydrogen-bond donors (Lipinski definition) is 6. The lowest BCUT2D eigenvalue weighted by Gasteiger charge is -2.39. The first kappa shape index (κ1) is 42.2. The molecule has 2 fully saturated rings. The molecule has 50 heavy (non-hydrogen) atoms. The van der Waals surface area contributed by atoms with Gasteiger partial charge in [-0.1, -0.05) is 30.3 Å². The molecular weight excluding hydrogens is 685 g/mol. The number of carbonyl (C=O) groups is 2. The molecule has 0 aliphatic carbocycles. The van der Waals surface area contributed by atoms with Crippen LogP contribution in [0.15, 0.2) is 30.3 Å². The summed E-state index contributed by atoms with van der Waals surface area (Å²) in [5.74, 6) is -0.212. The number of hydrogen-bond acceptors (Lipinski definition) is 15. The van der Waals surface area contributed by atoms with E-state index in [0.717, 1.165) is 5.56 Å². The number of nitrogens with one attached hydrogen (secondary N) is 1. The largest absolute Gasteiger partial charge is 0.508 e. The molecule has 17 nitrogen and oxygen atoms in total. The fraction of sp³-hybridized carbons (Fsp3) is 0.750. The predicted molar refractivity (Wildman–Crippen MR) is 173 cm³/mol. The summed E-state index contributed by atoms with van der Waals surface area (Å²) in [6.45, 7) is 4.25. The van der Waals surface area contributed by atoms with E-state index in [-0.39, 0.29) is 32.1 Å². The second kappa shape index (κ2) is 20.1. The molecule has 0 aromatic heterocycles. The lowest BCUT2D eigenvalue weighted by molar-refractivity contribution is -0.301. The Labute approximate surface area is 291 Å². The molecule has 1 aromatic rings. The first-order valence-electron chi connectivity index (χ1n) is 16.6. The monoisotopic (exact) mass is 737 g/mol. The van der Waals surface area contributed by atoms with Gasteiger partial charge < -0.3 is 59.1 Å². The number of aliphatic hydroxyl groups is 4. The van der Waals surface area contributed by atoms with Crippen molar-refractivity contribution in [1.29, 1.82) is 0 Å². The van der Waals surface area contributed by atoms with Crippen LogP contribution in [-0.4, -0.2) is 132 Å². The van der Waals surface area contributed by atoms with Gasteiger partial charge in [0.05, 0.1) is 18.3 Å². The first-order chi connectivity index (χ1) is 23.6. The molecule has 0 radical (unpaired) electrons. The van der Waals surface area contributed by atoms with Gasteiger partial charge in [-0.05, 0) is 52.0 Å². The number of phosphoric ester groups is 1.